The van der Waals surface area contributed by atoms with Crippen LogP contribution in [0, 0.1) is 3.57 Å². The summed E-state index contributed by atoms with van der Waals surface area (Å²) in [4.78, 5) is 22.9. The van der Waals surface area contributed by atoms with Crippen LogP contribution in [0.4, 0.5) is 0 Å². The van der Waals surface area contributed by atoms with Crippen LogP contribution < -0.4 is 0 Å². The smallest absolute Gasteiger partial charge is 0.339 e. The molecule has 0 amide bonds. The van der Waals surface area contributed by atoms with Crippen LogP contribution in [0.25, 0.3) is 0 Å². The van der Waals surface area contributed by atoms with Gasteiger partial charge in [0, 0.05) is 8.04 Å². The van der Waals surface area contributed by atoms with E-state index in [4.69, 9.17) is 0 Å². The summed E-state index contributed by atoms with van der Waals surface area (Å²) in [6.07, 6.45) is 0. The Morgan fingerprint density at radius 3 is 1.81 bits per heavy atom. The third-order valence-corrected chi connectivity index (χ3v) is 3.33. The van der Waals surface area contributed by atoms with E-state index in [1.54, 1.807) is 12.1 Å². The molecule has 0 unspecified atom stereocenters. The standard InChI is InChI=1S/C10H8BrIO4/c1-15-9(13)6-3-5(12)4-7(8(6)11)10(14)16-2/h3-4H,1-2H3. The molecule has 0 radical (unpaired) electrons. The number of carbonyl (C=O) groups is 2. The highest BCUT2D eigenvalue weighted by Crippen LogP contribution is 2.26. The van der Waals surface area contributed by atoms with Crippen molar-refractivity contribution in [3.05, 3.63) is 31.3 Å². The number of rotatable bonds is 2. The number of hydrogen-bond donors (Lipinski definition) is 0. The van der Waals surface area contributed by atoms with Crippen molar-refractivity contribution in [2.75, 3.05) is 14.2 Å². The Hall–Kier alpha value is -0.630. The van der Waals surface area contributed by atoms with Crippen molar-refractivity contribution >= 4 is 50.5 Å². The number of ether oxygens (including phenoxy) is 2. The zero-order valence-electron chi connectivity index (χ0n) is 8.54. The summed E-state index contributed by atoms with van der Waals surface area (Å²) < 4.78 is 10.4. The van der Waals surface area contributed by atoms with E-state index in [1.165, 1.54) is 14.2 Å². The van der Waals surface area contributed by atoms with Gasteiger partial charge in [-0.25, -0.2) is 9.59 Å². The fourth-order valence-electron chi connectivity index (χ4n) is 1.11. The molecule has 1 aromatic carbocycles. The average molecular weight is 399 g/mol. The zero-order chi connectivity index (χ0) is 12.3. The fraction of sp³-hybridized carbons (Fsp3) is 0.200. The van der Waals surface area contributed by atoms with Gasteiger partial charge in [0.2, 0.25) is 0 Å². The van der Waals surface area contributed by atoms with E-state index in [0.717, 1.165) is 3.57 Å². The zero-order valence-corrected chi connectivity index (χ0v) is 12.3. The molecule has 0 saturated heterocycles. The lowest BCUT2D eigenvalue weighted by Crippen LogP contribution is -2.09. The minimum atomic E-state index is -0.504. The minimum Gasteiger partial charge on any atom is -0.465 e. The monoisotopic (exact) mass is 398 g/mol. The molecule has 1 aromatic rings. The maximum atomic E-state index is 11.4. The Morgan fingerprint density at radius 1 is 1.12 bits per heavy atom. The van der Waals surface area contributed by atoms with Gasteiger partial charge >= 0.3 is 11.9 Å². The first-order valence-corrected chi connectivity index (χ1v) is 6.04. The molecule has 0 N–H and O–H groups in total. The lowest BCUT2D eigenvalue weighted by atomic mass is 10.1. The molecule has 0 saturated carbocycles. The molecule has 16 heavy (non-hydrogen) atoms. The molecule has 0 spiro atoms. The van der Waals surface area contributed by atoms with Crippen molar-refractivity contribution in [1.29, 1.82) is 0 Å². The van der Waals surface area contributed by atoms with Crippen LogP contribution in [0.2, 0.25) is 0 Å². The lowest BCUT2D eigenvalue weighted by molar-refractivity contribution is 0.0597. The summed E-state index contributed by atoms with van der Waals surface area (Å²) in [5.74, 6) is -1.01. The molecule has 0 heterocycles. The quantitative estimate of drug-likeness (QED) is 0.567. The Kier molecular flexibility index (Phi) is 4.72. The van der Waals surface area contributed by atoms with E-state index in [9.17, 15) is 9.59 Å². The van der Waals surface area contributed by atoms with Crippen molar-refractivity contribution in [2.45, 2.75) is 0 Å². The van der Waals surface area contributed by atoms with Gasteiger partial charge in [-0.3, -0.25) is 0 Å². The number of methoxy groups -OCH3 is 2. The van der Waals surface area contributed by atoms with Crippen molar-refractivity contribution in [3.8, 4) is 0 Å². The van der Waals surface area contributed by atoms with Crippen molar-refractivity contribution in [2.24, 2.45) is 0 Å². The normalized spacial score (nSPS) is 9.75. The summed E-state index contributed by atoms with van der Waals surface area (Å²) in [7, 11) is 2.57. The fourth-order valence-corrected chi connectivity index (χ4v) is 2.28. The van der Waals surface area contributed by atoms with Gasteiger partial charge < -0.3 is 9.47 Å². The van der Waals surface area contributed by atoms with Crippen molar-refractivity contribution < 1.29 is 19.1 Å². The van der Waals surface area contributed by atoms with Gasteiger partial charge in [0.15, 0.2) is 0 Å². The van der Waals surface area contributed by atoms with Crippen molar-refractivity contribution in [3.63, 3.8) is 0 Å². The highest BCUT2D eigenvalue weighted by atomic mass is 127. The molecule has 4 nitrogen and oxygen atoms in total. The maximum Gasteiger partial charge on any atom is 0.339 e. The van der Waals surface area contributed by atoms with Crippen molar-refractivity contribution in [1.82, 2.24) is 0 Å². The van der Waals surface area contributed by atoms with Crippen LogP contribution in [0.5, 0.6) is 0 Å². The molecule has 86 valence electrons. The number of esters is 2. The predicted octanol–water partition coefficient (Wildman–Crippen LogP) is 2.63. The van der Waals surface area contributed by atoms with Crippen LogP contribution in [0.15, 0.2) is 16.6 Å². The van der Waals surface area contributed by atoms with E-state index >= 15 is 0 Å². The van der Waals surface area contributed by atoms with Gasteiger partial charge in [0.1, 0.15) is 0 Å². The van der Waals surface area contributed by atoms with Crippen LogP contribution >= 0.6 is 38.5 Å². The first-order chi connectivity index (χ1) is 7.51. The summed E-state index contributed by atoms with van der Waals surface area (Å²) in [6.45, 7) is 0. The summed E-state index contributed by atoms with van der Waals surface area (Å²) in [6, 6.07) is 3.26. The van der Waals surface area contributed by atoms with Crippen LogP contribution in [0.1, 0.15) is 20.7 Å². The third-order valence-electron chi connectivity index (χ3n) is 1.85. The predicted molar refractivity (Wildman–Crippen MR) is 69.5 cm³/mol. The number of benzene rings is 1. The molecule has 0 aromatic heterocycles. The van der Waals surface area contributed by atoms with Gasteiger partial charge in [0.05, 0.1) is 25.3 Å². The molecule has 0 aliphatic carbocycles. The first kappa shape index (κ1) is 13.4. The molecular weight excluding hydrogens is 391 g/mol. The molecule has 0 bridgehead atoms. The molecule has 6 heteroatoms. The molecule has 0 aliphatic rings. The summed E-state index contributed by atoms with van der Waals surface area (Å²) in [5, 5.41) is 0. The average Bonchev–Trinajstić information content (AvgIpc) is 2.29. The van der Waals surface area contributed by atoms with E-state index in [-0.39, 0.29) is 0 Å². The second-order valence-electron chi connectivity index (χ2n) is 2.80. The van der Waals surface area contributed by atoms with E-state index in [1.807, 2.05) is 22.6 Å². The van der Waals surface area contributed by atoms with Crippen LogP contribution in [-0.4, -0.2) is 26.2 Å². The Balaban J connectivity index is 3.37. The third kappa shape index (κ3) is 2.73. The van der Waals surface area contributed by atoms with Gasteiger partial charge in [0.25, 0.3) is 0 Å². The van der Waals surface area contributed by atoms with Gasteiger partial charge in [-0.15, -0.1) is 0 Å². The number of carbonyl (C=O) groups excluding carboxylic acids is 2. The number of hydrogen-bond acceptors (Lipinski definition) is 4. The maximum absolute atomic E-state index is 11.4. The summed E-state index contributed by atoms with van der Waals surface area (Å²) in [5.41, 5.74) is 0.601. The summed E-state index contributed by atoms with van der Waals surface area (Å²) >= 11 is 5.20. The van der Waals surface area contributed by atoms with Gasteiger partial charge in [-0.05, 0) is 50.7 Å². The highest BCUT2D eigenvalue weighted by molar-refractivity contribution is 14.1. The lowest BCUT2D eigenvalue weighted by Gasteiger charge is -2.08. The number of halogens is 2. The second-order valence-corrected chi connectivity index (χ2v) is 4.84. The molecule has 0 fully saturated rings. The van der Waals surface area contributed by atoms with Gasteiger partial charge in [-0.1, -0.05) is 0 Å². The molecule has 1 rings (SSSR count). The SMILES string of the molecule is COC(=O)c1cc(I)cc(C(=O)OC)c1Br. The topological polar surface area (TPSA) is 52.6 Å². The second kappa shape index (κ2) is 5.62. The van der Waals surface area contributed by atoms with Gasteiger partial charge in [-0.2, -0.15) is 0 Å². The molecule has 0 aliphatic heterocycles. The van der Waals surface area contributed by atoms with Crippen LogP contribution in [-0.2, 0) is 9.47 Å². The molecular formula is C10H8BrIO4. The first-order valence-electron chi connectivity index (χ1n) is 4.17. The Bertz CT molecular complexity index is 407. The minimum absolute atomic E-state index is 0.301. The molecule has 0 atom stereocenters. The Labute approximate surface area is 115 Å². The van der Waals surface area contributed by atoms with Crippen LogP contribution in [0.3, 0.4) is 0 Å². The van der Waals surface area contributed by atoms with E-state index in [0.29, 0.717) is 15.6 Å². The Morgan fingerprint density at radius 2 is 1.50 bits per heavy atom. The van der Waals surface area contributed by atoms with E-state index < -0.39 is 11.9 Å². The highest BCUT2D eigenvalue weighted by Gasteiger charge is 2.19. The van der Waals surface area contributed by atoms with E-state index in [2.05, 4.69) is 25.4 Å². The largest absolute Gasteiger partial charge is 0.465 e.